The van der Waals surface area contributed by atoms with Crippen LogP contribution in [0.25, 0.3) is 0 Å². The molecule has 2 aromatic rings. The molecule has 1 aliphatic rings. The third kappa shape index (κ3) is 4.94. The highest BCUT2D eigenvalue weighted by Gasteiger charge is 2.15. The van der Waals surface area contributed by atoms with E-state index in [0.29, 0.717) is 24.7 Å². The van der Waals surface area contributed by atoms with Crippen LogP contribution in [0.15, 0.2) is 36.7 Å². The van der Waals surface area contributed by atoms with Gasteiger partial charge in [0.15, 0.2) is 0 Å². The van der Waals surface area contributed by atoms with Crippen LogP contribution in [-0.2, 0) is 6.42 Å². The second kappa shape index (κ2) is 9.17. The molecule has 6 nitrogen and oxygen atoms in total. The summed E-state index contributed by atoms with van der Waals surface area (Å²) in [5.74, 6) is 1.37. The Morgan fingerprint density at radius 2 is 2.00 bits per heavy atom. The quantitative estimate of drug-likeness (QED) is 0.798. The molecule has 0 unspecified atom stereocenters. The van der Waals surface area contributed by atoms with Crippen molar-refractivity contribution in [3.63, 3.8) is 0 Å². The minimum Gasteiger partial charge on any atom is -0.496 e. The Hall–Kier alpha value is -2.63. The normalized spacial score (nSPS) is 14.7. The van der Waals surface area contributed by atoms with Crippen molar-refractivity contribution in [3.8, 4) is 5.75 Å². The van der Waals surface area contributed by atoms with Crippen molar-refractivity contribution in [1.29, 1.82) is 0 Å². The molecule has 0 aliphatic heterocycles. The lowest BCUT2D eigenvalue weighted by Crippen LogP contribution is -2.27. The Morgan fingerprint density at radius 1 is 1.19 bits per heavy atom. The molecule has 1 heterocycles. The minimum absolute atomic E-state index is 0.186. The third-order valence-corrected chi connectivity index (χ3v) is 4.73. The molecule has 2 N–H and O–H groups in total. The Labute approximate surface area is 154 Å². The highest BCUT2D eigenvalue weighted by molar-refractivity contribution is 5.92. The van der Waals surface area contributed by atoms with E-state index in [1.54, 1.807) is 13.2 Å². The lowest BCUT2D eigenvalue weighted by atomic mass is 9.95. The standard InChI is InChI=1S/C20H26N4O2/c1-26-18-10-6-5-7-15(18)11-12-21-20(25)17-13-19(23-14-22-17)24-16-8-3-2-4-9-16/h5-7,10,13-14,16H,2-4,8-9,11-12H2,1H3,(H,21,25)(H,22,23,24). The first-order chi connectivity index (χ1) is 12.8. The zero-order valence-electron chi connectivity index (χ0n) is 15.2. The van der Waals surface area contributed by atoms with Gasteiger partial charge in [0.05, 0.1) is 7.11 Å². The summed E-state index contributed by atoms with van der Waals surface area (Å²) >= 11 is 0. The first kappa shape index (κ1) is 18.2. The summed E-state index contributed by atoms with van der Waals surface area (Å²) in [6.07, 6.45) is 8.27. The molecule has 1 aliphatic carbocycles. The van der Waals surface area contributed by atoms with E-state index in [0.717, 1.165) is 30.0 Å². The van der Waals surface area contributed by atoms with Gasteiger partial charge in [0.2, 0.25) is 0 Å². The number of nitrogens with one attached hydrogen (secondary N) is 2. The van der Waals surface area contributed by atoms with Crippen LogP contribution in [-0.4, -0.2) is 35.6 Å². The number of nitrogens with zero attached hydrogens (tertiary/aromatic N) is 2. The van der Waals surface area contributed by atoms with Crippen LogP contribution < -0.4 is 15.4 Å². The third-order valence-electron chi connectivity index (χ3n) is 4.73. The molecule has 0 atom stereocenters. The predicted octanol–water partition coefficient (Wildman–Crippen LogP) is 3.20. The molecule has 0 bridgehead atoms. The molecule has 0 spiro atoms. The zero-order valence-corrected chi connectivity index (χ0v) is 15.2. The topological polar surface area (TPSA) is 76.1 Å². The molecule has 1 aromatic heterocycles. The molecule has 6 heteroatoms. The van der Waals surface area contributed by atoms with Gasteiger partial charge in [-0.15, -0.1) is 0 Å². The van der Waals surface area contributed by atoms with Gasteiger partial charge < -0.3 is 15.4 Å². The van der Waals surface area contributed by atoms with E-state index in [9.17, 15) is 4.79 Å². The summed E-state index contributed by atoms with van der Waals surface area (Å²) in [7, 11) is 1.65. The number of carbonyl (C=O) groups excluding carboxylic acids is 1. The molecular formula is C20H26N4O2. The smallest absolute Gasteiger partial charge is 0.270 e. The van der Waals surface area contributed by atoms with Crippen LogP contribution >= 0.6 is 0 Å². The lowest BCUT2D eigenvalue weighted by molar-refractivity contribution is 0.0949. The number of aromatic nitrogens is 2. The van der Waals surface area contributed by atoms with Gasteiger partial charge in [-0.1, -0.05) is 37.5 Å². The summed E-state index contributed by atoms with van der Waals surface area (Å²) in [5, 5.41) is 6.34. The van der Waals surface area contributed by atoms with Crippen LogP contribution in [0, 0.1) is 0 Å². The molecule has 26 heavy (non-hydrogen) atoms. The summed E-state index contributed by atoms with van der Waals surface area (Å²) in [6, 6.07) is 10.00. The van der Waals surface area contributed by atoms with Gasteiger partial charge >= 0.3 is 0 Å². The van der Waals surface area contributed by atoms with Crippen molar-refractivity contribution in [2.24, 2.45) is 0 Å². The van der Waals surface area contributed by atoms with E-state index < -0.39 is 0 Å². The van der Waals surface area contributed by atoms with Gasteiger partial charge in [-0.05, 0) is 30.9 Å². The van der Waals surface area contributed by atoms with Crippen LogP contribution in [0.2, 0.25) is 0 Å². The van der Waals surface area contributed by atoms with Crippen molar-refractivity contribution in [2.45, 2.75) is 44.6 Å². The number of hydrogen-bond acceptors (Lipinski definition) is 5. The fourth-order valence-corrected chi connectivity index (χ4v) is 3.33. The van der Waals surface area contributed by atoms with Crippen LogP contribution in [0.1, 0.15) is 48.2 Å². The van der Waals surface area contributed by atoms with E-state index in [1.165, 1.54) is 25.6 Å². The number of methoxy groups -OCH3 is 1. The highest BCUT2D eigenvalue weighted by Crippen LogP contribution is 2.21. The molecule has 1 fully saturated rings. The maximum absolute atomic E-state index is 12.4. The maximum Gasteiger partial charge on any atom is 0.270 e. The van der Waals surface area contributed by atoms with E-state index in [2.05, 4.69) is 20.6 Å². The Balaban J connectivity index is 1.53. The van der Waals surface area contributed by atoms with Crippen LogP contribution in [0.4, 0.5) is 5.82 Å². The maximum atomic E-state index is 12.4. The van der Waals surface area contributed by atoms with Gasteiger partial charge in [-0.25, -0.2) is 9.97 Å². The summed E-state index contributed by atoms with van der Waals surface area (Å²) in [5.41, 5.74) is 1.45. The first-order valence-corrected chi connectivity index (χ1v) is 9.25. The van der Waals surface area contributed by atoms with Gasteiger partial charge in [0.25, 0.3) is 5.91 Å². The van der Waals surface area contributed by atoms with Crippen LogP contribution in [0.3, 0.4) is 0 Å². The average molecular weight is 354 g/mol. The summed E-state index contributed by atoms with van der Waals surface area (Å²) in [4.78, 5) is 20.7. The SMILES string of the molecule is COc1ccccc1CCNC(=O)c1cc(NC2CCCCC2)ncn1. The van der Waals surface area contributed by atoms with Gasteiger partial charge in [-0.3, -0.25) is 4.79 Å². The second-order valence-corrected chi connectivity index (χ2v) is 6.59. The van der Waals surface area contributed by atoms with Crippen molar-refractivity contribution in [2.75, 3.05) is 19.0 Å². The number of benzene rings is 1. The van der Waals surface area contributed by atoms with Crippen molar-refractivity contribution in [1.82, 2.24) is 15.3 Å². The molecule has 0 radical (unpaired) electrons. The number of carbonyl (C=O) groups is 1. The summed E-state index contributed by atoms with van der Waals surface area (Å²) in [6.45, 7) is 0.522. The van der Waals surface area contributed by atoms with Gasteiger partial charge in [-0.2, -0.15) is 0 Å². The number of hydrogen-bond donors (Lipinski definition) is 2. The van der Waals surface area contributed by atoms with E-state index >= 15 is 0 Å². The van der Waals surface area contributed by atoms with Crippen molar-refractivity contribution in [3.05, 3.63) is 47.9 Å². The fraction of sp³-hybridized carbons (Fsp3) is 0.450. The molecule has 1 aromatic carbocycles. The molecule has 1 amide bonds. The number of anilines is 1. The van der Waals surface area contributed by atoms with Gasteiger partial charge in [0, 0.05) is 18.7 Å². The number of para-hydroxylation sites is 1. The highest BCUT2D eigenvalue weighted by atomic mass is 16.5. The molecule has 3 rings (SSSR count). The predicted molar refractivity (Wildman–Crippen MR) is 102 cm³/mol. The van der Waals surface area contributed by atoms with E-state index in [-0.39, 0.29) is 5.91 Å². The van der Waals surface area contributed by atoms with Crippen LogP contribution in [0.5, 0.6) is 5.75 Å². The first-order valence-electron chi connectivity index (χ1n) is 9.25. The monoisotopic (exact) mass is 354 g/mol. The van der Waals surface area contributed by atoms with Gasteiger partial charge in [0.1, 0.15) is 23.6 Å². The largest absolute Gasteiger partial charge is 0.496 e. The molecule has 1 saturated carbocycles. The Morgan fingerprint density at radius 3 is 2.81 bits per heavy atom. The number of amides is 1. The van der Waals surface area contributed by atoms with E-state index in [1.807, 2.05) is 24.3 Å². The average Bonchev–Trinajstić information content (AvgIpc) is 2.69. The minimum atomic E-state index is -0.186. The van der Waals surface area contributed by atoms with Crippen molar-refractivity contribution >= 4 is 11.7 Å². The zero-order chi connectivity index (χ0) is 18.2. The lowest BCUT2D eigenvalue weighted by Gasteiger charge is -2.23. The Kier molecular flexibility index (Phi) is 6.41. The number of ether oxygens (including phenoxy) is 1. The fourth-order valence-electron chi connectivity index (χ4n) is 3.33. The van der Waals surface area contributed by atoms with Crippen molar-refractivity contribution < 1.29 is 9.53 Å². The molecular weight excluding hydrogens is 328 g/mol. The second-order valence-electron chi connectivity index (χ2n) is 6.59. The summed E-state index contributed by atoms with van der Waals surface area (Å²) < 4.78 is 5.33. The number of rotatable bonds is 7. The Bertz CT molecular complexity index is 729. The molecule has 0 saturated heterocycles. The molecule has 138 valence electrons. The van der Waals surface area contributed by atoms with E-state index in [4.69, 9.17) is 4.74 Å².